The second kappa shape index (κ2) is 3.81. The lowest BCUT2D eigenvalue weighted by atomic mass is 10.1. The van der Waals surface area contributed by atoms with Crippen LogP contribution in [0, 0.1) is 6.92 Å². The first-order valence-electron chi connectivity index (χ1n) is 4.94. The number of hydrogen-bond donors (Lipinski definition) is 1. The number of aryl methyl sites for hydroxylation is 1. The van der Waals surface area contributed by atoms with Crippen LogP contribution >= 0.6 is 15.9 Å². The third-order valence-electron chi connectivity index (χ3n) is 2.66. The van der Waals surface area contributed by atoms with E-state index in [2.05, 4.69) is 20.9 Å². The second-order valence-corrected chi connectivity index (χ2v) is 4.52. The van der Waals surface area contributed by atoms with Crippen LogP contribution in [-0.2, 0) is 6.42 Å². The standard InChI is InChI=1S/C12H12BrNO/c1-3-10-7(2)12(15)9-6-8(13)4-5-11(9)14-10/h4-6H,3H2,1-2H3,(H,14,15). The number of hydrogen-bond acceptors (Lipinski definition) is 1. The normalized spacial score (nSPS) is 10.9. The van der Waals surface area contributed by atoms with Gasteiger partial charge in [0.2, 0.25) is 0 Å². The first-order chi connectivity index (χ1) is 7.13. The van der Waals surface area contributed by atoms with Crippen molar-refractivity contribution in [1.29, 1.82) is 0 Å². The molecule has 0 unspecified atom stereocenters. The van der Waals surface area contributed by atoms with Crippen LogP contribution in [-0.4, -0.2) is 4.98 Å². The molecule has 1 aromatic heterocycles. The minimum absolute atomic E-state index is 0.127. The minimum atomic E-state index is 0.127. The van der Waals surface area contributed by atoms with Crippen molar-refractivity contribution in [3.63, 3.8) is 0 Å². The molecule has 15 heavy (non-hydrogen) atoms. The molecule has 2 nitrogen and oxygen atoms in total. The van der Waals surface area contributed by atoms with Crippen LogP contribution in [0.1, 0.15) is 18.2 Å². The van der Waals surface area contributed by atoms with E-state index in [-0.39, 0.29) is 5.43 Å². The maximum absolute atomic E-state index is 12.0. The van der Waals surface area contributed by atoms with Gasteiger partial charge in [-0.3, -0.25) is 4.79 Å². The summed E-state index contributed by atoms with van der Waals surface area (Å²) in [5.74, 6) is 0. The number of aromatic nitrogens is 1. The molecular formula is C12H12BrNO. The number of H-pyrrole nitrogens is 1. The van der Waals surface area contributed by atoms with Crippen LogP contribution in [0.4, 0.5) is 0 Å². The summed E-state index contributed by atoms with van der Waals surface area (Å²) in [6.07, 6.45) is 0.854. The molecule has 78 valence electrons. The lowest BCUT2D eigenvalue weighted by molar-refractivity contribution is 1.02. The summed E-state index contributed by atoms with van der Waals surface area (Å²) in [6.45, 7) is 3.92. The van der Waals surface area contributed by atoms with E-state index in [0.717, 1.165) is 33.1 Å². The van der Waals surface area contributed by atoms with Crippen molar-refractivity contribution in [3.8, 4) is 0 Å². The minimum Gasteiger partial charge on any atom is -0.358 e. The molecule has 1 N–H and O–H groups in total. The van der Waals surface area contributed by atoms with Crippen molar-refractivity contribution >= 4 is 26.8 Å². The van der Waals surface area contributed by atoms with Gasteiger partial charge < -0.3 is 4.98 Å². The van der Waals surface area contributed by atoms with Crippen molar-refractivity contribution < 1.29 is 0 Å². The van der Waals surface area contributed by atoms with Gasteiger partial charge in [0.1, 0.15) is 0 Å². The van der Waals surface area contributed by atoms with Gasteiger partial charge >= 0.3 is 0 Å². The van der Waals surface area contributed by atoms with Crippen molar-refractivity contribution in [2.45, 2.75) is 20.3 Å². The zero-order valence-corrected chi connectivity index (χ0v) is 10.3. The Balaban J connectivity index is 2.91. The summed E-state index contributed by atoms with van der Waals surface area (Å²) in [4.78, 5) is 15.3. The summed E-state index contributed by atoms with van der Waals surface area (Å²) in [7, 11) is 0. The van der Waals surface area contributed by atoms with E-state index in [4.69, 9.17) is 0 Å². The molecule has 0 bridgehead atoms. The molecule has 0 aliphatic carbocycles. The first kappa shape index (κ1) is 10.4. The SMILES string of the molecule is CCc1[nH]c2ccc(Br)cc2c(=O)c1C. The smallest absolute Gasteiger partial charge is 0.192 e. The molecule has 0 amide bonds. The first-order valence-corrected chi connectivity index (χ1v) is 5.73. The van der Waals surface area contributed by atoms with E-state index in [0.29, 0.717) is 0 Å². The quantitative estimate of drug-likeness (QED) is 0.844. The van der Waals surface area contributed by atoms with Crippen LogP contribution in [0.5, 0.6) is 0 Å². The Labute approximate surface area is 96.5 Å². The molecule has 2 rings (SSSR count). The third kappa shape index (κ3) is 1.72. The summed E-state index contributed by atoms with van der Waals surface area (Å²) < 4.78 is 0.934. The van der Waals surface area contributed by atoms with E-state index >= 15 is 0 Å². The van der Waals surface area contributed by atoms with Gasteiger partial charge in [0.25, 0.3) is 0 Å². The van der Waals surface area contributed by atoms with Gasteiger partial charge in [-0.2, -0.15) is 0 Å². The molecule has 0 radical (unpaired) electrons. The summed E-state index contributed by atoms with van der Waals surface area (Å²) in [5.41, 5.74) is 2.88. The van der Waals surface area contributed by atoms with Gasteiger partial charge in [0.15, 0.2) is 5.43 Å². The molecule has 0 saturated heterocycles. The molecule has 0 aliphatic rings. The van der Waals surface area contributed by atoms with Gasteiger partial charge in [-0.25, -0.2) is 0 Å². The highest BCUT2D eigenvalue weighted by Gasteiger charge is 2.06. The topological polar surface area (TPSA) is 32.9 Å². The molecule has 0 fully saturated rings. The maximum Gasteiger partial charge on any atom is 0.192 e. The van der Waals surface area contributed by atoms with Gasteiger partial charge in [0, 0.05) is 26.6 Å². The molecule has 0 atom stereocenters. The van der Waals surface area contributed by atoms with Gasteiger partial charge in [-0.1, -0.05) is 22.9 Å². The average molecular weight is 266 g/mol. The Morgan fingerprint density at radius 2 is 2.13 bits per heavy atom. The fraction of sp³-hybridized carbons (Fsp3) is 0.250. The highest BCUT2D eigenvalue weighted by atomic mass is 79.9. The Hall–Kier alpha value is -1.09. The summed E-state index contributed by atoms with van der Waals surface area (Å²) in [5, 5.41) is 0.749. The van der Waals surface area contributed by atoms with Crippen molar-refractivity contribution in [1.82, 2.24) is 4.98 Å². The number of nitrogens with one attached hydrogen (secondary N) is 1. The highest BCUT2D eigenvalue weighted by molar-refractivity contribution is 9.10. The molecular weight excluding hydrogens is 254 g/mol. The third-order valence-corrected chi connectivity index (χ3v) is 3.15. The number of aromatic amines is 1. The van der Waals surface area contributed by atoms with Crippen molar-refractivity contribution in [2.24, 2.45) is 0 Å². The Morgan fingerprint density at radius 1 is 1.40 bits per heavy atom. The van der Waals surface area contributed by atoms with Gasteiger partial charge in [0.05, 0.1) is 0 Å². The van der Waals surface area contributed by atoms with Gasteiger partial charge in [-0.05, 0) is 31.5 Å². The van der Waals surface area contributed by atoms with Crippen LogP contribution in [0.2, 0.25) is 0 Å². The van der Waals surface area contributed by atoms with Crippen LogP contribution in [0.25, 0.3) is 10.9 Å². The monoisotopic (exact) mass is 265 g/mol. The lowest BCUT2D eigenvalue weighted by Crippen LogP contribution is -2.11. The predicted molar refractivity (Wildman–Crippen MR) is 66.4 cm³/mol. The Bertz CT molecular complexity index is 572. The van der Waals surface area contributed by atoms with Crippen molar-refractivity contribution in [3.05, 3.63) is 44.2 Å². The second-order valence-electron chi connectivity index (χ2n) is 3.60. The highest BCUT2D eigenvalue weighted by Crippen LogP contribution is 2.17. The molecule has 3 heteroatoms. The Kier molecular flexibility index (Phi) is 2.65. The number of benzene rings is 1. The number of fused-ring (bicyclic) bond motifs is 1. The number of rotatable bonds is 1. The van der Waals surface area contributed by atoms with Crippen LogP contribution < -0.4 is 5.43 Å². The zero-order chi connectivity index (χ0) is 11.0. The van der Waals surface area contributed by atoms with Gasteiger partial charge in [-0.15, -0.1) is 0 Å². The molecule has 0 spiro atoms. The van der Waals surface area contributed by atoms with Crippen LogP contribution in [0.15, 0.2) is 27.5 Å². The van der Waals surface area contributed by atoms with E-state index in [1.165, 1.54) is 0 Å². The fourth-order valence-electron chi connectivity index (χ4n) is 1.76. The Morgan fingerprint density at radius 3 is 2.80 bits per heavy atom. The molecule has 2 aromatic rings. The van der Waals surface area contributed by atoms with E-state index in [1.54, 1.807) is 0 Å². The summed E-state index contributed by atoms with van der Waals surface area (Å²) in [6, 6.07) is 5.73. The molecule has 1 heterocycles. The fourth-order valence-corrected chi connectivity index (χ4v) is 2.12. The van der Waals surface area contributed by atoms with E-state index < -0.39 is 0 Å². The largest absolute Gasteiger partial charge is 0.358 e. The average Bonchev–Trinajstić information content (AvgIpc) is 2.24. The van der Waals surface area contributed by atoms with E-state index in [1.807, 2.05) is 32.0 Å². The maximum atomic E-state index is 12.0. The molecule has 0 aliphatic heterocycles. The molecule has 1 aromatic carbocycles. The molecule has 0 saturated carbocycles. The number of pyridine rings is 1. The summed E-state index contributed by atoms with van der Waals surface area (Å²) >= 11 is 3.37. The number of halogens is 1. The van der Waals surface area contributed by atoms with E-state index in [9.17, 15) is 4.79 Å². The zero-order valence-electron chi connectivity index (χ0n) is 8.73. The van der Waals surface area contributed by atoms with Crippen molar-refractivity contribution in [2.75, 3.05) is 0 Å². The predicted octanol–water partition coefficient (Wildman–Crippen LogP) is 3.16. The van der Waals surface area contributed by atoms with Crippen LogP contribution in [0.3, 0.4) is 0 Å². The lowest BCUT2D eigenvalue weighted by Gasteiger charge is -2.06.